The molecule has 1 aromatic heterocycles. The lowest BCUT2D eigenvalue weighted by molar-refractivity contribution is 0.627. The highest BCUT2D eigenvalue weighted by molar-refractivity contribution is 6.30. The van der Waals surface area contributed by atoms with Crippen LogP contribution < -0.4 is 5.73 Å². The van der Waals surface area contributed by atoms with Crippen LogP contribution in [0.1, 0.15) is 11.3 Å². The van der Waals surface area contributed by atoms with Crippen LogP contribution in [-0.2, 0) is 0 Å². The molecule has 0 atom stereocenters. The van der Waals surface area contributed by atoms with E-state index < -0.39 is 5.82 Å². The molecule has 4 nitrogen and oxygen atoms in total. The number of aromatic nitrogens is 2. The van der Waals surface area contributed by atoms with Crippen molar-refractivity contribution in [1.82, 2.24) is 9.78 Å². The van der Waals surface area contributed by atoms with E-state index in [1.165, 1.54) is 18.3 Å². The molecule has 3 N–H and O–H groups in total. The van der Waals surface area contributed by atoms with Crippen LogP contribution in [0.5, 0.6) is 0 Å². The first-order valence-corrected chi connectivity index (χ1v) is 5.23. The lowest BCUT2D eigenvalue weighted by atomic mass is 10.2. The molecular formula is C11H10ClFN4. The van der Waals surface area contributed by atoms with Gasteiger partial charge in [-0.25, -0.2) is 9.07 Å². The highest BCUT2D eigenvalue weighted by Gasteiger charge is 2.11. The van der Waals surface area contributed by atoms with Gasteiger partial charge in [0.05, 0.1) is 28.2 Å². The standard InChI is InChI=1S/C11H10ClFN4/c1-6-8(11(14)15)5-16-17(6)7-2-3-10(13)9(12)4-7/h2-5H,1H3,(H3,14,15). The Bertz CT molecular complexity index is 591. The third-order valence-electron chi connectivity index (χ3n) is 2.45. The molecule has 0 unspecified atom stereocenters. The SMILES string of the molecule is Cc1c(C(=N)N)cnn1-c1ccc(F)c(Cl)c1. The first kappa shape index (κ1) is 11.6. The lowest BCUT2D eigenvalue weighted by Crippen LogP contribution is -2.12. The van der Waals surface area contributed by atoms with E-state index in [2.05, 4.69) is 5.10 Å². The number of nitrogens with zero attached hydrogens (tertiary/aromatic N) is 2. The Morgan fingerprint density at radius 2 is 2.24 bits per heavy atom. The molecule has 1 aromatic carbocycles. The second kappa shape index (κ2) is 4.18. The molecule has 0 aliphatic rings. The van der Waals surface area contributed by atoms with Crippen LogP contribution in [0.3, 0.4) is 0 Å². The number of hydrogen-bond acceptors (Lipinski definition) is 2. The highest BCUT2D eigenvalue weighted by Crippen LogP contribution is 2.20. The van der Waals surface area contributed by atoms with Crippen LogP contribution >= 0.6 is 11.6 Å². The van der Waals surface area contributed by atoms with E-state index in [1.807, 2.05) is 0 Å². The summed E-state index contributed by atoms with van der Waals surface area (Å²) in [5, 5.41) is 11.5. The van der Waals surface area contributed by atoms with Gasteiger partial charge in [0.2, 0.25) is 0 Å². The number of amidine groups is 1. The molecule has 0 spiro atoms. The van der Waals surface area contributed by atoms with E-state index >= 15 is 0 Å². The molecule has 0 bridgehead atoms. The molecule has 17 heavy (non-hydrogen) atoms. The van der Waals surface area contributed by atoms with Crippen molar-refractivity contribution in [2.45, 2.75) is 6.92 Å². The number of hydrogen-bond donors (Lipinski definition) is 2. The predicted molar refractivity (Wildman–Crippen MR) is 64.3 cm³/mol. The Labute approximate surface area is 102 Å². The molecule has 0 aliphatic carbocycles. The fourth-order valence-electron chi connectivity index (χ4n) is 1.55. The Balaban J connectivity index is 2.53. The first-order chi connectivity index (χ1) is 8.00. The molecule has 0 saturated heterocycles. The molecule has 2 rings (SSSR count). The molecule has 0 amide bonds. The van der Waals surface area contributed by atoms with Crippen LogP contribution in [0, 0.1) is 18.2 Å². The minimum Gasteiger partial charge on any atom is -0.384 e. The predicted octanol–water partition coefficient (Wildman–Crippen LogP) is 2.26. The van der Waals surface area contributed by atoms with Crippen LogP contribution in [0.25, 0.3) is 5.69 Å². The van der Waals surface area contributed by atoms with Gasteiger partial charge in [-0.3, -0.25) is 5.41 Å². The topological polar surface area (TPSA) is 67.7 Å². The van der Waals surface area contributed by atoms with E-state index in [1.54, 1.807) is 17.7 Å². The Morgan fingerprint density at radius 1 is 1.53 bits per heavy atom. The number of halogens is 2. The molecule has 88 valence electrons. The normalized spacial score (nSPS) is 10.5. The summed E-state index contributed by atoms with van der Waals surface area (Å²) in [5.74, 6) is -0.533. The summed E-state index contributed by atoms with van der Waals surface area (Å²) in [7, 11) is 0. The van der Waals surface area contributed by atoms with Gasteiger partial charge in [-0.1, -0.05) is 11.6 Å². The number of rotatable bonds is 2. The Kier molecular flexibility index (Phi) is 2.85. The van der Waals surface area contributed by atoms with Gasteiger partial charge < -0.3 is 5.73 Å². The highest BCUT2D eigenvalue weighted by atomic mass is 35.5. The van der Waals surface area contributed by atoms with E-state index in [-0.39, 0.29) is 10.9 Å². The maximum absolute atomic E-state index is 13.0. The summed E-state index contributed by atoms with van der Waals surface area (Å²) in [6.07, 6.45) is 1.49. The van der Waals surface area contributed by atoms with E-state index in [9.17, 15) is 4.39 Å². The maximum atomic E-state index is 13.0. The lowest BCUT2D eigenvalue weighted by Gasteiger charge is -2.06. The Hall–Kier alpha value is -1.88. The zero-order valence-corrected chi connectivity index (χ0v) is 9.79. The first-order valence-electron chi connectivity index (χ1n) is 4.85. The van der Waals surface area contributed by atoms with Gasteiger partial charge >= 0.3 is 0 Å². The van der Waals surface area contributed by atoms with Gasteiger partial charge in [0.15, 0.2) is 0 Å². The van der Waals surface area contributed by atoms with Crippen LogP contribution in [0.15, 0.2) is 24.4 Å². The number of benzene rings is 1. The molecule has 2 aromatic rings. The average molecular weight is 253 g/mol. The second-order valence-corrected chi connectivity index (χ2v) is 3.97. The van der Waals surface area contributed by atoms with Gasteiger partial charge in [0, 0.05) is 0 Å². The smallest absolute Gasteiger partial charge is 0.141 e. The zero-order chi connectivity index (χ0) is 12.6. The molecule has 6 heteroatoms. The largest absolute Gasteiger partial charge is 0.384 e. The summed E-state index contributed by atoms with van der Waals surface area (Å²) < 4.78 is 14.6. The molecule has 0 radical (unpaired) electrons. The van der Waals surface area contributed by atoms with Crippen molar-refractivity contribution in [3.8, 4) is 5.69 Å². The van der Waals surface area contributed by atoms with Crippen molar-refractivity contribution in [2.24, 2.45) is 5.73 Å². The quantitative estimate of drug-likeness (QED) is 0.636. The van der Waals surface area contributed by atoms with Crippen molar-refractivity contribution in [1.29, 1.82) is 5.41 Å². The second-order valence-electron chi connectivity index (χ2n) is 3.57. The molecule has 0 aliphatic heterocycles. The van der Waals surface area contributed by atoms with Crippen molar-refractivity contribution >= 4 is 17.4 Å². The van der Waals surface area contributed by atoms with Crippen molar-refractivity contribution in [3.05, 3.63) is 46.5 Å². The number of nitrogens with two attached hydrogens (primary N) is 1. The van der Waals surface area contributed by atoms with Crippen LogP contribution in [0.2, 0.25) is 5.02 Å². The molecule has 0 saturated carbocycles. The van der Waals surface area contributed by atoms with Gasteiger partial charge in [-0.15, -0.1) is 0 Å². The molecule has 1 heterocycles. The summed E-state index contributed by atoms with van der Waals surface area (Å²) in [6, 6.07) is 4.30. The van der Waals surface area contributed by atoms with Crippen LogP contribution in [0.4, 0.5) is 4.39 Å². The van der Waals surface area contributed by atoms with Gasteiger partial charge in [0.25, 0.3) is 0 Å². The molecule has 0 fully saturated rings. The minimum absolute atomic E-state index is 0.0294. The van der Waals surface area contributed by atoms with Crippen LogP contribution in [-0.4, -0.2) is 15.6 Å². The van der Waals surface area contributed by atoms with Crippen molar-refractivity contribution in [3.63, 3.8) is 0 Å². The van der Waals surface area contributed by atoms with Gasteiger partial charge in [0.1, 0.15) is 11.7 Å². The van der Waals surface area contributed by atoms with Gasteiger partial charge in [-0.2, -0.15) is 5.10 Å². The fourth-order valence-corrected chi connectivity index (χ4v) is 1.73. The fraction of sp³-hybridized carbons (Fsp3) is 0.0909. The van der Waals surface area contributed by atoms with Crippen molar-refractivity contribution in [2.75, 3.05) is 0 Å². The molecular weight excluding hydrogens is 243 g/mol. The van der Waals surface area contributed by atoms with E-state index in [0.29, 0.717) is 16.9 Å². The number of nitrogen functional groups attached to an aromatic ring is 1. The summed E-state index contributed by atoms with van der Waals surface area (Å²) in [4.78, 5) is 0. The zero-order valence-electron chi connectivity index (χ0n) is 9.04. The third-order valence-corrected chi connectivity index (χ3v) is 2.74. The minimum atomic E-state index is -0.480. The summed E-state index contributed by atoms with van der Waals surface area (Å²) in [6.45, 7) is 1.78. The van der Waals surface area contributed by atoms with Crippen molar-refractivity contribution < 1.29 is 4.39 Å². The van der Waals surface area contributed by atoms with Gasteiger partial charge in [-0.05, 0) is 25.1 Å². The number of nitrogens with one attached hydrogen (secondary N) is 1. The maximum Gasteiger partial charge on any atom is 0.141 e. The van der Waals surface area contributed by atoms with E-state index in [0.717, 1.165) is 0 Å². The monoisotopic (exact) mass is 252 g/mol. The summed E-state index contributed by atoms with van der Waals surface area (Å²) in [5.41, 5.74) is 7.29. The average Bonchev–Trinajstić information content (AvgIpc) is 2.64. The Morgan fingerprint density at radius 3 is 2.76 bits per heavy atom. The van der Waals surface area contributed by atoms with E-state index in [4.69, 9.17) is 22.7 Å². The third kappa shape index (κ3) is 2.01. The summed E-state index contributed by atoms with van der Waals surface area (Å²) >= 11 is 5.70.